The molecule has 0 saturated carbocycles. The Morgan fingerprint density at radius 3 is 3.12 bits per heavy atom. The lowest BCUT2D eigenvalue weighted by Gasteiger charge is -1.89. The normalized spacial score (nSPS) is 18.8. The highest BCUT2D eigenvalue weighted by Crippen LogP contribution is 2.07. The third kappa shape index (κ3) is 1.38. The summed E-state index contributed by atoms with van der Waals surface area (Å²) in [5.41, 5.74) is 1.23. The summed E-state index contributed by atoms with van der Waals surface area (Å²) in [6.07, 6.45) is 10.6. The summed E-state index contributed by atoms with van der Waals surface area (Å²) >= 11 is 0. The Kier molecular flexibility index (Phi) is 1.68. The van der Waals surface area contributed by atoms with Gasteiger partial charge in [0.15, 0.2) is 0 Å². The van der Waals surface area contributed by atoms with Gasteiger partial charge in [0.25, 0.3) is 0 Å². The Labute approximate surface area is 50.2 Å². The van der Waals surface area contributed by atoms with Crippen LogP contribution in [0.15, 0.2) is 36.5 Å². The molecule has 0 saturated heterocycles. The third-order valence-corrected chi connectivity index (χ3v) is 1.21. The molecule has 0 atom stereocenters. The maximum absolute atomic E-state index is 3.85. The van der Waals surface area contributed by atoms with Crippen LogP contribution < -0.4 is 0 Å². The SMILES string of the molecule is C=C1C=CC=CCC1. The van der Waals surface area contributed by atoms with Crippen molar-refractivity contribution in [1.29, 1.82) is 0 Å². The highest BCUT2D eigenvalue weighted by molar-refractivity contribution is 5.22. The zero-order chi connectivity index (χ0) is 5.82. The summed E-state index contributed by atoms with van der Waals surface area (Å²) in [5.74, 6) is 0. The van der Waals surface area contributed by atoms with Gasteiger partial charge in [-0.1, -0.05) is 36.5 Å². The van der Waals surface area contributed by atoms with E-state index < -0.39 is 0 Å². The molecule has 0 aromatic heterocycles. The van der Waals surface area contributed by atoms with Crippen LogP contribution in [-0.2, 0) is 0 Å². The van der Waals surface area contributed by atoms with Crippen molar-refractivity contribution in [3.8, 4) is 0 Å². The number of hydrogen-bond acceptors (Lipinski definition) is 0. The van der Waals surface area contributed by atoms with Gasteiger partial charge in [0.05, 0.1) is 0 Å². The molecule has 8 heavy (non-hydrogen) atoms. The van der Waals surface area contributed by atoms with E-state index >= 15 is 0 Å². The second-order valence-corrected chi connectivity index (χ2v) is 1.98. The van der Waals surface area contributed by atoms with Crippen LogP contribution in [0.2, 0.25) is 0 Å². The van der Waals surface area contributed by atoms with E-state index in [4.69, 9.17) is 0 Å². The van der Waals surface area contributed by atoms with Crippen molar-refractivity contribution in [3.63, 3.8) is 0 Å². The lowest BCUT2D eigenvalue weighted by Crippen LogP contribution is -1.69. The minimum Gasteiger partial charge on any atom is -0.0958 e. The smallest absolute Gasteiger partial charge is 0.0250 e. The number of allylic oxidation sites excluding steroid dienone is 5. The Bertz CT molecular complexity index is 138. The third-order valence-electron chi connectivity index (χ3n) is 1.21. The summed E-state index contributed by atoms with van der Waals surface area (Å²) in [5, 5.41) is 0. The molecule has 0 nitrogen and oxygen atoms in total. The summed E-state index contributed by atoms with van der Waals surface area (Å²) in [7, 11) is 0. The van der Waals surface area contributed by atoms with Gasteiger partial charge in [0.1, 0.15) is 0 Å². The van der Waals surface area contributed by atoms with Crippen LogP contribution in [0.25, 0.3) is 0 Å². The van der Waals surface area contributed by atoms with E-state index in [0.717, 1.165) is 12.8 Å². The minimum atomic E-state index is 1.12. The van der Waals surface area contributed by atoms with E-state index in [1.54, 1.807) is 0 Å². The van der Waals surface area contributed by atoms with Gasteiger partial charge in [-0.05, 0) is 12.8 Å². The molecule has 0 spiro atoms. The number of rotatable bonds is 0. The first-order chi connectivity index (χ1) is 3.89. The highest BCUT2D eigenvalue weighted by atomic mass is 13.9. The lowest BCUT2D eigenvalue weighted by molar-refractivity contribution is 1.02. The molecule has 0 N–H and O–H groups in total. The van der Waals surface area contributed by atoms with Gasteiger partial charge in [-0.25, -0.2) is 0 Å². The first kappa shape index (κ1) is 5.36. The molecule has 0 aliphatic heterocycles. The fourth-order valence-electron chi connectivity index (χ4n) is 0.718. The molecule has 0 bridgehead atoms. The molecule has 0 unspecified atom stereocenters. The van der Waals surface area contributed by atoms with Crippen molar-refractivity contribution < 1.29 is 0 Å². The van der Waals surface area contributed by atoms with Crippen molar-refractivity contribution in [2.45, 2.75) is 12.8 Å². The van der Waals surface area contributed by atoms with E-state index in [9.17, 15) is 0 Å². The van der Waals surface area contributed by atoms with Crippen molar-refractivity contribution in [2.75, 3.05) is 0 Å². The Morgan fingerprint density at radius 1 is 1.38 bits per heavy atom. The topological polar surface area (TPSA) is 0 Å². The van der Waals surface area contributed by atoms with Crippen LogP contribution in [-0.4, -0.2) is 0 Å². The van der Waals surface area contributed by atoms with Crippen LogP contribution in [0.3, 0.4) is 0 Å². The quantitative estimate of drug-likeness (QED) is 0.445. The predicted molar refractivity (Wildman–Crippen MR) is 36.7 cm³/mol. The average Bonchev–Trinajstić information content (AvgIpc) is 1.94. The predicted octanol–water partition coefficient (Wildman–Crippen LogP) is 2.45. The van der Waals surface area contributed by atoms with Gasteiger partial charge in [0.2, 0.25) is 0 Å². The zero-order valence-corrected chi connectivity index (χ0v) is 4.93. The molecule has 0 radical (unpaired) electrons. The van der Waals surface area contributed by atoms with E-state index in [1.807, 2.05) is 6.08 Å². The highest BCUT2D eigenvalue weighted by Gasteiger charge is 1.87. The van der Waals surface area contributed by atoms with E-state index in [1.165, 1.54) is 5.57 Å². The maximum atomic E-state index is 3.85. The molecule has 0 fully saturated rings. The van der Waals surface area contributed by atoms with Crippen LogP contribution in [0.1, 0.15) is 12.8 Å². The molecule has 1 aliphatic rings. The Morgan fingerprint density at radius 2 is 2.25 bits per heavy atom. The average molecular weight is 106 g/mol. The van der Waals surface area contributed by atoms with Crippen molar-refractivity contribution in [2.24, 2.45) is 0 Å². The summed E-state index contributed by atoms with van der Waals surface area (Å²) in [4.78, 5) is 0. The molecular weight excluding hydrogens is 96.1 g/mol. The van der Waals surface area contributed by atoms with Gasteiger partial charge in [0, 0.05) is 0 Å². The molecule has 0 amide bonds. The maximum Gasteiger partial charge on any atom is -0.0250 e. The van der Waals surface area contributed by atoms with Gasteiger partial charge >= 0.3 is 0 Å². The summed E-state index contributed by atoms with van der Waals surface area (Å²) in [6, 6.07) is 0. The molecule has 0 aromatic rings. The molecule has 0 aromatic carbocycles. The zero-order valence-electron chi connectivity index (χ0n) is 4.93. The molecule has 1 rings (SSSR count). The van der Waals surface area contributed by atoms with E-state index in [0.29, 0.717) is 0 Å². The van der Waals surface area contributed by atoms with Crippen LogP contribution >= 0.6 is 0 Å². The van der Waals surface area contributed by atoms with Gasteiger partial charge in [-0.15, -0.1) is 0 Å². The minimum absolute atomic E-state index is 1.12. The van der Waals surface area contributed by atoms with Gasteiger partial charge < -0.3 is 0 Å². The van der Waals surface area contributed by atoms with E-state index in [2.05, 4.69) is 24.8 Å². The molecule has 0 heteroatoms. The Hall–Kier alpha value is -0.780. The molecule has 1 aliphatic carbocycles. The molecular formula is C8H10. The van der Waals surface area contributed by atoms with Gasteiger partial charge in [-0.3, -0.25) is 0 Å². The largest absolute Gasteiger partial charge is 0.0958 e. The fraction of sp³-hybridized carbons (Fsp3) is 0.250. The molecule has 42 valence electrons. The summed E-state index contributed by atoms with van der Waals surface area (Å²) in [6.45, 7) is 3.85. The van der Waals surface area contributed by atoms with Crippen molar-refractivity contribution in [1.82, 2.24) is 0 Å². The monoisotopic (exact) mass is 106 g/mol. The standard InChI is InChI=1S/C8H10/c1-8-6-4-2-3-5-7-8/h2-4,6H,1,5,7H2. The van der Waals surface area contributed by atoms with Crippen molar-refractivity contribution in [3.05, 3.63) is 36.5 Å². The Balaban J connectivity index is 2.58. The summed E-state index contributed by atoms with van der Waals surface area (Å²) < 4.78 is 0. The lowest BCUT2D eigenvalue weighted by atomic mass is 10.2. The van der Waals surface area contributed by atoms with Crippen LogP contribution in [0.5, 0.6) is 0 Å². The van der Waals surface area contributed by atoms with Gasteiger partial charge in [-0.2, -0.15) is 0 Å². The van der Waals surface area contributed by atoms with E-state index in [-0.39, 0.29) is 0 Å². The van der Waals surface area contributed by atoms with Crippen LogP contribution in [0.4, 0.5) is 0 Å². The van der Waals surface area contributed by atoms with Crippen molar-refractivity contribution >= 4 is 0 Å². The first-order valence-corrected chi connectivity index (χ1v) is 2.90. The van der Waals surface area contributed by atoms with Crippen LogP contribution in [0, 0.1) is 0 Å². The second-order valence-electron chi connectivity index (χ2n) is 1.98. The first-order valence-electron chi connectivity index (χ1n) is 2.90. The number of hydrogen-bond donors (Lipinski definition) is 0. The fourth-order valence-corrected chi connectivity index (χ4v) is 0.718. The molecule has 0 heterocycles. The second kappa shape index (κ2) is 2.51.